The number of pyridine rings is 3. The van der Waals surface area contributed by atoms with E-state index in [4.69, 9.17) is 39.9 Å². The lowest BCUT2D eigenvalue weighted by molar-refractivity contribution is 0.660. The van der Waals surface area contributed by atoms with Gasteiger partial charge in [0.15, 0.2) is 17.5 Å². The molecule has 0 saturated heterocycles. The lowest BCUT2D eigenvalue weighted by Gasteiger charge is -2.22. The highest BCUT2D eigenvalue weighted by molar-refractivity contribution is 7.26. The van der Waals surface area contributed by atoms with Crippen molar-refractivity contribution in [2.75, 3.05) is 0 Å². The van der Waals surface area contributed by atoms with E-state index in [0.29, 0.717) is 17.5 Å². The van der Waals surface area contributed by atoms with Gasteiger partial charge in [-0.1, -0.05) is 360 Å². The van der Waals surface area contributed by atoms with Crippen LogP contribution >= 0.6 is 34.0 Å². The third kappa shape index (κ3) is 16.1. The smallest absolute Gasteiger partial charge is 0.160 e. The molecule has 18 aromatic carbocycles. The molecule has 148 heavy (non-hydrogen) atoms. The van der Waals surface area contributed by atoms with Crippen LogP contribution in [0.15, 0.2) is 480 Å². The van der Waals surface area contributed by atoms with Crippen LogP contribution in [-0.4, -0.2) is 44.9 Å². The number of thiophene rings is 3. The first-order valence-corrected chi connectivity index (χ1v) is 52.3. The highest BCUT2D eigenvalue weighted by atomic mass is 32.1. The molecule has 0 bridgehead atoms. The summed E-state index contributed by atoms with van der Waals surface area (Å²) in [6.07, 6.45) is 7.66. The average Bonchev–Trinajstić information content (AvgIpc) is 1.57. The molecule has 0 N–H and O–H groups in total. The fourth-order valence-corrected chi connectivity index (χ4v) is 24.7. The molecule has 0 atom stereocenters. The van der Waals surface area contributed by atoms with Gasteiger partial charge in [-0.15, -0.1) is 34.0 Å². The molecule has 9 heterocycles. The van der Waals surface area contributed by atoms with Crippen LogP contribution in [0.3, 0.4) is 0 Å². The lowest BCUT2D eigenvalue weighted by Crippen LogP contribution is -2.15. The van der Waals surface area contributed by atoms with E-state index in [0.717, 1.165) is 179 Å². The predicted octanol–water partition coefficient (Wildman–Crippen LogP) is 36.8. The van der Waals surface area contributed by atoms with E-state index in [-0.39, 0.29) is 5.41 Å². The van der Waals surface area contributed by atoms with Crippen molar-refractivity contribution in [2.24, 2.45) is 0 Å². The fourth-order valence-electron chi connectivity index (χ4n) is 21.5. The summed E-state index contributed by atoms with van der Waals surface area (Å²) in [6.45, 7) is 4.70. The molecule has 12 heteroatoms. The second-order valence-electron chi connectivity index (χ2n) is 38.7. The second kappa shape index (κ2) is 36.2. The molecule has 0 unspecified atom stereocenters. The first kappa shape index (κ1) is 87.4. The molecule has 28 rings (SSSR count). The van der Waals surface area contributed by atoms with Crippen molar-refractivity contribution in [1.29, 1.82) is 0 Å². The number of rotatable bonds is 18. The Bertz CT molecular complexity index is 9930. The normalized spacial score (nSPS) is 12.2. The lowest BCUT2D eigenvalue weighted by atomic mass is 9.81. The van der Waals surface area contributed by atoms with E-state index >= 15 is 0 Å². The molecule has 0 saturated carbocycles. The molecule has 9 nitrogen and oxygen atoms in total. The minimum absolute atomic E-state index is 0.247. The summed E-state index contributed by atoms with van der Waals surface area (Å²) in [5, 5.41) is 9.89. The largest absolute Gasteiger partial charge is 0.264 e. The summed E-state index contributed by atoms with van der Waals surface area (Å²) in [6, 6.07) is 164. The molecular formula is C136H85N9S3. The van der Waals surface area contributed by atoms with Gasteiger partial charge in [0, 0.05) is 163 Å². The van der Waals surface area contributed by atoms with E-state index in [1.807, 2.05) is 58.7 Å². The van der Waals surface area contributed by atoms with Gasteiger partial charge >= 0.3 is 0 Å². The van der Waals surface area contributed by atoms with E-state index in [2.05, 4.69) is 468 Å². The van der Waals surface area contributed by atoms with Crippen molar-refractivity contribution in [3.05, 3.63) is 491 Å². The van der Waals surface area contributed by atoms with Gasteiger partial charge in [0.1, 0.15) is 0 Å². The zero-order valence-corrected chi connectivity index (χ0v) is 82.8. The van der Waals surface area contributed by atoms with E-state index < -0.39 is 0 Å². The number of hydrogen-bond acceptors (Lipinski definition) is 12. The van der Waals surface area contributed by atoms with Crippen LogP contribution in [0.5, 0.6) is 0 Å². The molecule has 9 aromatic heterocycles. The number of hydrogen-bond donors (Lipinski definition) is 0. The Morgan fingerprint density at radius 2 is 0.480 bits per heavy atom. The van der Waals surface area contributed by atoms with E-state index in [1.165, 1.54) is 99.1 Å². The van der Waals surface area contributed by atoms with Crippen LogP contribution in [0, 0.1) is 0 Å². The monoisotopic (exact) mass is 1940 g/mol. The number of aromatic nitrogens is 9. The molecule has 1 aliphatic rings. The SMILES string of the molecule is CC1(C)c2ccc(-c3ccc(-c4ccc(-c5nc(-c6ccc(-c7cccc8ccccc78)cc6)cc(-c6ccc7sc8ccccc8c7c6)n5)cc4)cn3)cc2-c2ccc(-c3ccc(-c4cc(-c5ccc6sc7ccccc7c6c5)nc(-c5ccc(-c6ccc(-c7cccc(-c8ccc(-c9ccc(-c%10cc(-c%11ccc%12sc%13ccccc%13c%12c%11)nc(-c%11ccc(-c%12cccnc%12)cc%11)n%10)cc9)cc8)c7)nc6)cc5)n4)cc3)cc21. The van der Waals surface area contributed by atoms with Crippen LogP contribution < -0.4 is 0 Å². The maximum Gasteiger partial charge on any atom is 0.160 e. The summed E-state index contributed by atoms with van der Waals surface area (Å²) in [5.41, 5.74) is 38.2. The van der Waals surface area contributed by atoms with Crippen molar-refractivity contribution in [2.45, 2.75) is 19.3 Å². The summed E-state index contributed by atoms with van der Waals surface area (Å²) in [7, 11) is 0. The second-order valence-corrected chi connectivity index (χ2v) is 42.0. The van der Waals surface area contributed by atoms with Gasteiger partial charge in [-0.2, -0.15) is 0 Å². The zero-order valence-electron chi connectivity index (χ0n) is 80.4. The zero-order chi connectivity index (χ0) is 98.0. The Hall–Kier alpha value is -18.4. The fraction of sp³-hybridized carbons (Fsp3) is 0.0221. The van der Waals surface area contributed by atoms with Crippen molar-refractivity contribution in [1.82, 2.24) is 44.9 Å². The Kier molecular flexibility index (Phi) is 21.3. The summed E-state index contributed by atoms with van der Waals surface area (Å²) in [4.78, 5) is 46.6. The Labute approximate surface area is 866 Å². The minimum Gasteiger partial charge on any atom is -0.264 e. The van der Waals surface area contributed by atoms with Crippen LogP contribution in [0.25, 0.3) is 285 Å². The van der Waals surface area contributed by atoms with E-state index in [9.17, 15) is 0 Å². The van der Waals surface area contributed by atoms with Crippen molar-refractivity contribution in [3.63, 3.8) is 0 Å². The third-order valence-corrected chi connectivity index (χ3v) is 32.9. The molecule has 0 spiro atoms. The average molecular weight is 1940 g/mol. The van der Waals surface area contributed by atoms with Gasteiger partial charge in [0.25, 0.3) is 0 Å². The molecule has 0 fully saturated rings. The number of benzene rings is 18. The molecular weight excluding hydrogens is 1860 g/mol. The Morgan fingerprint density at radius 1 is 0.169 bits per heavy atom. The summed E-state index contributed by atoms with van der Waals surface area (Å²) < 4.78 is 7.57. The van der Waals surface area contributed by atoms with Gasteiger partial charge in [-0.3, -0.25) is 15.0 Å². The topological polar surface area (TPSA) is 116 Å². The van der Waals surface area contributed by atoms with Crippen LogP contribution in [0.2, 0.25) is 0 Å². The highest BCUT2D eigenvalue weighted by Crippen LogP contribution is 2.52. The van der Waals surface area contributed by atoms with Crippen LogP contribution in [-0.2, 0) is 5.41 Å². The van der Waals surface area contributed by atoms with Crippen LogP contribution in [0.4, 0.5) is 0 Å². The standard InChI is InChI=1S/C136H85N9S3/c1-136(2)117-63-56-100(120-65-58-106(81-139-120)88-39-53-96(54-40-88)135-142-123(93-47-41-90(42-48-93)108-23-12-15-89-14-3-4-19-107(89)108)78-126(145-135)103-61-68-132-116(74-103)112-22-7-10-26-129(112)148-132)71-113(117)109-62-55-98(75-118(109)136)85-33-45-92(46-34-85)122-77-125(102-60-67-131-115(73-102)111-21-6-9-25-128(111)147-131)144-134(141-122)95-51-37-87(38-52-95)105-57-64-119(138-80-105)99-17-11-16-97(70-99)84-29-27-82(28-30-84)83-31-43-91(44-32-83)121-76-124(101-59-66-130-114(72-101)110-20-5-8-24-127(110)146-130)143-133(140-121)94-49-35-86(36-50-94)104-18-13-69-137-79-104/h3-81H,1-2H3. The quantitative estimate of drug-likeness (QED) is 0.0828. The molecule has 0 aliphatic heterocycles. The third-order valence-electron chi connectivity index (χ3n) is 29.5. The number of nitrogens with zero attached hydrogens (tertiary/aromatic N) is 9. The Morgan fingerprint density at radius 3 is 0.912 bits per heavy atom. The highest BCUT2D eigenvalue weighted by Gasteiger charge is 2.36. The van der Waals surface area contributed by atoms with E-state index in [1.54, 1.807) is 6.20 Å². The van der Waals surface area contributed by atoms with Gasteiger partial charge < -0.3 is 0 Å². The summed E-state index contributed by atoms with van der Waals surface area (Å²) in [5.74, 6) is 1.98. The van der Waals surface area contributed by atoms with Crippen molar-refractivity contribution < 1.29 is 0 Å². The molecule has 1 aliphatic carbocycles. The van der Waals surface area contributed by atoms with Crippen LogP contribution in [0.1, 0.15) is 25.0 Å². The van der Waals surface area contributed by atoms with Crippen molar-refractivity contribution >= 4 is 105 Å². The number of fused-ring (bicyclic) bond motifs is 13. The molecule has 692 valence electrons. The van der Waals surface area contributed by atoms with Gasteiger partial charge in [-0.05, 0) is 209 Å². The van der Waals surface area contributed by atoms with Crippen molar-refractivity contribution in [3.8, 4) is 213 Å². The van der Waals surface area contributed by atoms with Gasteiger partial charge in [0.05, 0.1) is 45.6 Å². The first-order valence-electron chi connectivity index (χ1n) is 49.8. The molecule has 0 radical (unpaired) electrons. The maximum absolute atomic E-state index is 5.40. The maximum atomic E-state index is 5.40. The summed E-state index contributed by atoms with van der Waals surface area (Å²) >= 11 is 5.46. The first-order chi connectivity index (χ1) is 72.9. The van der Waals surface area contributed by atoms with Gasteiger partial charge in [-0.25, -0.2) is 29.9 Å². The van der Waals surface area contributed by atoms with Gasteiger partial charge in [0.2, 0.25) is 0 Å². The minimum atomic E-state index is -0.247. The Balaban J connectivity index is 0.416. The molecule has 0 amide bonds. The molecule has 27 aromatic rings. The predicted molar refractivity (Wildman–Crippen MR) is 618 cm³/mol.